The lowest BCUT2D eigenvalue weighted by molar-refractivity contribution is 0.580. The minimum atomic E-state index is -3.57. The lowest BCUT2D eigenvalue weighted by Crippen LogP contribution is -2.25. The molecule has 0 aliphatic heterocycles. The van der Waals surface area contributed by atoms with E-state index in [1.165, 1.54) is 0 Å². The summed E-state index contributed by atoms with van der Waals surface area (Å²) >= 11 is 1.59. The predicted octanol–water partition coefficient (Wildman–Crippen LogP) is 3.04. The molecule has 1 aromatic carbocycles. The normalized spacial score (nSPS) is 11.8. The first kappa shape index (κ1) is 16.0. The molecular weight excluding hydrogens is 304 g/mol. The largest absolute Gasteiger partial charge is 0.398 e. The molecule has 3 N–H and O–H groups in total. The van der Waals surface area contributed by atoms with Gasteiger partial charge in [0.25, 0.3) is 0 Å². The van der Waals surface area contributed by atoms with Crippen molar-refractivity contribution in [3.63, 3.8) is 0 Å². The number of thiophene rings is 1. The van der Waals surface area contributed by atoms with Gasteiger partial charge in [0.05, 0.1) is 4.90 Å². The lowest BCUT2D eigenvalue weighted by atomic mass is 10.1. The van der Waals surface area contributed by atoms with Gasteiger partial charge in [-0.25, -0.2) is 13.1 Å². The second-order valence-corrected chi connectivity index (χ2v) is 8.29. The van der Waals surface area contributed by atoms with Crippen LogP contribution in [0.5, 0.6) is 0 Å². The molecule has 6 heteroatoms. The number of nitrogens with one attached hydrogen (secondary N) is 1. The number of nitrogen functional groups attached to an aromatic ring is 1. The number of hydrogen-bond donors (Lipinski definition) is 2. The standard InChI is InChI=1S/C15H20N2O2S2/c1-9-7-10(2)15(12(4)14(9)16)21(18,19)17-8-13-6-5-11(3)20-13/h5-7,17H,8,16H2,1-4H3. The number of rotatable bonds is 4. The smallest absolute Gasteiger partial charge is 0.241 e. The Labute approximate surface area is 130 Å². The van der Waals surface area contributed by atoms with Crippen molar-refractivity contribution in [2.75, 3.05) is 5.73 Å². The van der Waals surface area contributed by atoms with E-state index in [4.69, 9.17) is 5.73 Å². The van der Waals surface area contributed by atoms with Gasteiger partial charge in [-0.2, -0.15) is 0 Å². The van der Waals surface area contributed by atoms with Crippen LogP contribution in [-0.2, 0) is 16.6 Å². The molecule has 0 unspecified atom stereocenters. The summed E-state index contributed by atoms with van der Waals surface area (Å²) in [6.07, 6.45) is 0. The minimum absolute atomic E-state index is 0.291. The summed E-state index contributed by atoms with van der Waals surface area (Å²) in [5.74, 6) is 0. The maximum Gasteiger partial charge on any atom is 0.241 e. The fraction of sp³-hybridized carbons (Fsp3) is 0.333. The van der Waals surface area contributed by atoms with Crippen LogP contribution >= 0.6 is 11.3 Å². The fourth-order valence-corrected chi connectivity index (χ4v) is 4.82. The summed E-state index contributed by atoms with van der Waals surface area (Å²) < 4.78 is 27.8. The highest BCUT2D eigenvalue weighted by Gasteiger charge is 2.21. The van der Waals surface area contributed by atoms with Crippen LogP contribution in [0.3, 0.4) is 0 Å². The SMILES string of the molecule is Cc1ccc(CNS(=O)(=O)c2c(C)cc(C)c(N)c2C)s1. The Kier molecular flexibility index (Phi) is 4.41. The first-order chi connectivity index (χ1) is 9.72. The molecule has 1 heterocycles. The van der Waals surface area contributed by atoms with Gasteiger partial charge in [-0.3, -0.25) is 0 Å². The second-order valence-electron chi connectivity index (χ2n) is 5.22. The zero-order chi connectivity index (χ0) is 15.8. The molecule has 0 saturated carbocycles. The number of anilines is 1. The van der Waals surface area contributed by atoms with Crippen molar-refractivity contribution >= 4 is 27.0 Å². The van der Waals surface area contributed by atoms with Crippen molar-refractivity contribution in [1.82, 2.24) is 4.72 Å². The van der Waals surface area contributed by atoms with E-state index in [1.807, 2.05) is 32.0 Å². The zero-order valence-corrected chi connectivity index (χ0v) is 14.3. The Morgan fingerprint density at radius 3 is 2.38 bits per heavy atom. The minimum Gasteiger partial charge on any atom is -0.398 e. The van der Waals surface area contributed by atoms with Gasteiger partial charge in [-0.1, -0.05) is 6.07 Å². The third-order valence-electron chi connectivity index (χ3n) is 3.46. The second kappa shape index (κ2) is 5.79. The Balaban J connectivity index is 2.34. The molecule has 0 radical (unpaired) electrons. The summed E-state index contributed by atoms with van der Waals surface area (Å²) in [6, 6.07) is 5.73. The van der Waals surface area contributed by atoms with Gasteiger partial charge >= 0.3 is 0 Å². The van der Waals surface area contributed by atoms with Crippen molar-refractivity contribution in [3.8, 4) is 0 Å². The van der Waals surface area contributed by atoms with Crippen LogP contribution in [0.1, 0.15) is 26.4 Å². The average molecular weight is 324 g/mol. The molecule has 4 nitrogen and oxygen atoms in total. The van der Waals surface area contributed by atoms with Crippen LogP contribution in [0, 0.1) is 27.7 Å². The third-order valence-corrected chi connectivity index (χ3v) is 6.15. The van der Waals surface area contributed by atoms with Gasteiger partial charge in [-0.05, 0) is 56.5 Å². The Hall–Kier alpha value is -1.37. The van der Waals surface area contributed by atoms with Crippen LogP contribution in [0.4, 0.5) is 5.69 Å². The molecule has 1 aromatic heterocycles. The van der Waals surface area contributed by atoms with Gasteiger partial charge in [0.1, 0.15) is 0 Å². The summed E-state index contributed by atoms with van der Waals surface area (Å²) in [5.41, 5.74) is 8.73. The van der Waals surface area contributed by atoms with E-state index in [0.29, 0.717) is 28.3 Å². The fourth-order valence-electron chi connectivity index (χ4n) is 2.41. The molecule has 0 saturated heterocycles. The van der Waals surface area contributed by atoms with Crippen LogP contribution in [0.2, 0.25) is 0 Å². The number of benzene rings is 1. The third kappa shape index (κ3) is 3.28. The highest BCUT2D eigenvalue weighted by atomic mass is 32.2. The Morgan fingerprint density at radius 1 is 1.14 bits per heavy atom. The summed E-state index contributed by atoms with van der Waals surface area (Å²) in [6.45, 7) is 7.72. The lowest BCUT2D eigenvalue weighted by Gasteiger charge is -2.15. The number of aryl methyl sites for hydroxylation is 3. The first-order valence-electron chi connectivity index (χ1n) is 6.63. The topological polar surface area (TPSA) is 72.2 Å². The molecule has 0 bridgehead atoms. The molecule has 0 amide bonds. The molecule has 0 fully saturated rings. The summed E-state index contributed by atoms with van der Waals surface area (Å²) in [5, 5.41) is 0. The van der Waals surface area contributed by atoms with Gasteiger partial charge in [0, 0.05) is 22.0 Å². The monoisotopic (exact) mass is 324 g/mol. The van der Waals surface area contributed by atoms with E-state index in [0.717, 1.165) is 15.3 Å². The van der Waals surface area contributed by atoms with Crippen molar-refractivity contribution < 1.29 is 8.42 Å². The molecule has 0 spiro atoms. The van der Waals surface area contributed by atoms with Crippen LogP contribution in [0.25, 0.3) is 0 Å². The van der Waals surface area contributed by atoms with Crippen LogP contribution < -0.4 is 10.5 Å². The Morgan fingerprint density at radius 2 is 1.81 bits per heavy atom. The molecule has 114 valence electrons. The molecule has 2 aromatic rings. The van der Waals surface area contributed by atoms with Crippen molar-refractivity contribution in [2.45, 2.75) is 39.1 Å². The molecule has 0 aliphatic rings. The van der Waals surface area contributed by atoms with E-state index in [9.17, 15) is 8.42 Å². The van der Waals surface area contributed by atoms with Crippen LogP contribution in [0.15, 0.2) is 23.1 Å². The van der Waals surface area contributed by atoms with E-state index >= 15 is 0 Å². The summed E-state index contributed by atoms with van der Waals surface area (Å²) in [7, 11) is -3.57. The van der Waals surface area contributed by atoms with E-state index in [1.54, 1.807) is 25.2 Å². The van der Waals surface area contributed by atoms with E-state index in [-0.39, 0.29) is 0 Å². The van der Waals surface area contributed by atoms with Gasteiger partial charge < -0.3 is 5.73 Å². The van der Waals surface area contributed by atoms with Crippen molar-refractivity contribution in [1.29, 1.82) is 0 Å². The van der Waals surface area contributed by atoms with Gasteiger partial charge in [-0.15, -0.1) is 11.3 Å². The number of nitrogens with two attached hydrogens (primary N) is 1. The maximum atomic E-state index is 12.6. The van der Waals surface area contributed by atoms with E-state index in [2.05, 4.69) is 4.72 Å². The zero-order valence-electron chi connectivity index (χ0n) is 12.6. The molecular formula is C15H20N2O2S2. The maximum absolute atomic E-state index is 12.6. The molecule has 0 aliphatic carbocycles. The average Bonchev–Trinajstić information content (AvgIpc) is 2.79. The number of hydrogen-bond acceptors (Lipinski definition) is 4. The van der Waals surface area contributed by atoms with Crippen molar-refractivity contribution in [3.05, 3.63) is 44.6 Å². The van der Waals surface area contributed by atoms with Crippen LogP contribution in [-0.4, -0.2) is 8.42 Å². The first-order valence-corrected chi connectivity index (χ1v) is 8.93. The number of sulfonamides is 1. The highest BCUT2D eigenvalue weighted by Crippen LogP contribution is 2.28. The Bertz CT molecular complexity index is 777. The van der Waals surface area contributed by atoms with Gasteiger partial charge in [0.2, 0.25) is 10.0 Å². The predicted molar refractivity (Wildman–Crippen MR) is 88.1 cm³/mol. The van der Waals surface area contributed by atoms with Crippen molar-refractivity contribution in [2.24, 2.45) is 0 Å². The summed E-state index contributed by atoms with van der Waals surface area (Å²) in [4.78, 5) is 2.45. The molecule has 0 atom stereocenters. The molecule has 21 heavy (non-hydrogen) atoms. The molecule has 2 rings (SSSR count). The highest BCUT2D eigenvalue weighted by molar-refractivity contribution is 7.89. The van der Waals surface area contributed by atoms with E-state index < -0.39 is 10.0 Å². The quantitative estimate of drug-likeness (QED) is 0.849. The van der Waals surface area contributed by atoms with Gasteiger partial charge in [0.15, 0.2) is 0 Å².